The summed E-state index contributed by atoms with van der Waals surface area (Å²) in [4.78, 5) is 27.1. The number of methoxy groups -OCH3 is 1. The number of aromatic nitrogens is 1. The summed E-state index contributed by atoms with van der Waals surface area (Å²) < 4.78 is 6.60. The minimum absolute atomic E-state index is 0.0215. The number of hydrogen-bond acceptors (Lipinski definition) is 6. The van der Waals surface area contributed by atoms with E-state index in [1.807, 2.05) is 41.8 Å². The maximum Gasteiger partial charge on any atom is 0.265 e. The number of thiophene rings is 1. The second-order valence-corrected chi connectivity index (χ2v) is 8.15. The average Bonchev–Trinajstić information content (AvgIpc) is 3.33. The number of fused-ring (bicyclic) bond motifs is 1. The normalized spacial score (nSPS) is 11.9. The molecule has 6 nitrogen and oxygen atoms in total. The van der Waals surface area contributed by atoms with Crippen LogP contribution in [-0.4, -0.2) is 22.6 Å². The first-order chi connectivity index (χ1) is 15.0. The van der Waals surface area contributed by atoms with E-state index < -0.39 is 11.3 Å². The Kier molecular flexibility index (Phi) is 5.77. The van der Waals surface area contributed by atoms with Crippen LogP contribution in [0.1, 0.15) is 27.7 Å². The van der Waals surface area contributed by atoms with Crippen LogP contribution in [0.25, 0.3) is 10.9 Å². The second kappa shape index (κ2) is 8.65. The van der Waals surface area contributed by atoms with Crippen molar-refractivity contribution in [3.63, 3.8) is 0 Å². The highest BCUT2D eigenvalue weighted by atomic mass is 32.1. The molecule has 4 aromatic rings. The van der Waals surface area contributed by atoms with E-state index in [1.54, 1.807) is 38.4 Å². The summed E-state index contributed by atoms with van der Waals surface area (Å²) in [5.41, 5.74) is 0.713. The van der Waals surface area contributed by atoms with E-state index in [1.165, 1.54) is 15.9 Å². The van der Waals surface area contributed by atoms with Crippen LogP contribution in [-0.2, 0) is 7.05 Å². The molecule has 0 aliphatic rings. The average molecular weight is 435 g/mol. The number of anilines is 1. The number of benzene rings is 2. The standard InChI is InChI=1S/C24H22N2O4S/c1-26-19-7-4-3-6-17(19)23(28)22(24(26)29)20(27)14-18(21-8-5-13-31-21)25-15-9-11-16(30-2)12-10-15/h3-13,18,25,28H,14H2,1-2H3. The molecular weight excluding hydrogens is 412 g/mol. The van der Waals surface area contributed by atoms with Gasteiger partial charge in [-0.3, -0.25) is 9.59 Å². The Labute approximate surface area is 183 Å². The minimum Gasteiger partial charge on any atom is -0.506 e. The van der Waals surface area contributed by atoms with Crippen LogP contribution in [0.2, 0.25) is 0 Å². The van der Waals surface area contributed by atoms with Crippen molar-refractivity contribution in [2.45, 2.75) is 12.5 Å². The van der Waals surface area contributed by atoms with E-state index >= 15 is 0 Å². The summed E-state index contributed by atoms with van der Waals surface area (Å²) in [7, 11) is 3.21. The number of hydrogen-bond donors (Lipinski definition) is 2. The summed E-state index contributed by atoms with van der Waals surface area (Å²) in [6.45, 7) is 0. The van der Waals surface area contributed by atoms with Crippen LogP contribution < -0.4 is 15.6 Å². The first kappa shape index (κ1) is 20.7. The molecule has 0 fully saturated rings. The molecule has 7 heteroatoms. The van der Waals surface area contributed by atoms with E-state index in [0.717, 1.165) is 16.3 Å². The first-order valence-corrected chi connectivity index (χ1v) is 10.7. The Morgan fingerprint density at radius 1 is 1.13 bits per heavy atom. The van der Waals surface area contributed by atoms with Crippen molar-refractivity contribution in [2.24, 2.45) is 7.05 Å². The Morgan fingerprint density at radius 3 is 2.55 bits per heavy atom. The number of aromatic hydroxyl groups is 1. The topological polar surface area (TPSA) is 80.6 Å². The summed E-state index contributed by atoms with van der Waals surface area (Å²) >= 11 is 1.52. The van der Waals surface area contributed by atoms with Gasteiger partial charge in [-0.25, -0.2) is 0 Å². The quantitative estimate of drug-likeness (QED) is 0.411. The van der Waals surface area contributed by atoms with Crippen molar-refractivity contribution in [1.29, 1.82) is 0 Å². The molecule has 0 amide bonds. The smallest absolute Gasteiger partial charge is 0.265 e. The van der Waals surface area contributed by atoms with Gasteiger partial charge in [-0.1, -0.05) is 18.2 Å². The van der Waals surface area contributed by atoms with Crippen LogP contribution in [0.3, 0.4) is 0 Å². The van der Waals surface area contributed by atoms with Gasteiger partial charge in [0.1, 0.15) is 17.1 Å². The number of aryl methyl sites for hydroxylation is 1. The predicted molar refractivity (Wildman–Crippen MR) is 123 cm³/mol. The van der Waals surface area contributed by atoms with Gasteiger partial charge in [0.2, 0.25) is 0 Å². The van der Waals surface area contributed by atoms with E-state index in [9.17, 15) is 14.7 Å². The van der Waals surface area contributed by atoms with Crippen molar-refractivity contribution in [2.75, 3.05) is 12.4 Å². The van der Waals surface area contributed by atoms with Crippen molar-refractivity contribution in [1.82, 2.24) is 4.57 Å². The number of pyridine rings is 1. The van der Waals surface area contributed by atoms with Gasteiger partial charge in [0, 0.05) is 29.4 Å². The molecule has 1 unspecified atom stereocenters. The largest absolute Gasteiger partial charge is 0.506 e. The van der Waals surface area contributed by atoms with E-state index in [4.69, 9.17) is 4.74 Å². The molecule has 0 aliphatic heterocycles. The minimum atomic E-state index is -0.504. The lowest BCUT2D eigenvalue weighted by molar-refractivity contribution is 0.0972. The highest BCUT2D eigenvalue weighted by molar-refractivity contribution is 7.10. The third kappa shape index (κ3) is 4.04. The molecule has 31 heavy (non-hydrogen) atoms. The monoisotopic (exact) mass is 434 g/mol. The number of carbonyl (C=O) groups is 1. The maximum absolute atomic E-state index is 13.2. The highest BCUT2D eigenvalue weighted by Crippen LogP contribution is 2.31. The lowest BCUT2D eigenvalue weighted by atomic mass is 10.0. The van der Waals surface area contributed by atoms with E-state index in [2.05, 4.69) is 5.32 Å². The van der Waals surface area contributed by atoms with Crippen molar-refractivity contribution in [3.05, 3.63) is 86.8 Å². The zero-order valence-corrected chi connectivity index (χ0v) is 18.0. The van der Waals surface area contributed by atoms with Crippen molar-refractivity contribution < 1.29 is 14.6 Å². The van der Waals surface area contributed by atoms with Gasteiger partial charge in [0.05, 0.1) is 18.7 Å². The van der Waals surface area contributed by atoms with Gasteiger partial charge in [-0.05, 0) is 47.8 Å². The van der Waals surface area contributed by atoms with Crippen LogP contribution in [0, 0.1) is 0 Å². The zero-order valence-electron chi connectivity index (χ0n) is 17.2. The lowest BCUT2D eigenvalue weighted by Gasteiger charge is -2.19. The van der Waals surface area contributed by atoms with Gasteiger partial charge in [-0.15, -0.1) is 11.3 Å². The molecule has 0 aliphatic carbocycles. The molecule has 0 radical (unpaired) electrons. The van der Waals surface area contributed by atoms with E-state index in [0.29, 0.717) is 10.9 Å². The fourth-order valence-corrected chi connectivity index (χ4v) is 4.40. The number of nitrogens with zero attached hydrogens (tertiary/aromatic N) is 1. The summed E-state index contributed by atoms with van der Waals surface area (Å²) in [6, 6.07) is 17.9. The number of rotatable bonds is 7. The van der Waals surface area contributed by atoms with Gasteiger partial charge in [0.15, 0.2) is 5.78 Å². The molecule has 2 heterocycles. The molecule has 2 aromatic heterocycles. The number of ketones is 1. The third-order valence-electron chi connectivity index (χ3n) is 5.26. The number of para-hydroxylation sites is 1. The summed E-state index contributed by atoms with van der Waals surface area (Å²) in [6.07, 6.45) is 0.0215. The second-order valence-electron chi connectivity index (χ2n) is 7.17. The zero-order chi connectivity index (χ0) is 22.0. The molecule has 1 atom stereocenters. The van der Waals surface area contributed by atoms with Crippen LogP contribution in [0.4, 0.5) is 5.69 Å². The lowest BCUT2D eigenvalue weighted by Crippen LogP contribution is -2.26. The number of ether oxygens (including phenoxy) is 1. The molecule has 0 bridgehead atoms. The molecule has 4 rings (SSSR count). The van der Waals surface area contributed by atoms with Crippen LogP contribution in [0.5, 0.6) is 11.5 Å². The van der Waals surface area contributed by atoms with Crippen molar-refractivity contribution in [3.8, 4) is 11.5 Å². The van der Waals surface area contributed by atoms with E-state index in [-0.39, 0.29) is 23.8 Å². The molecule has 2 N–H and O–H groups in total. The molecular formula is C24H22N2O4S. The molecule has 0 saturated carbocycles. The fourth-order valence-electron chi connectivity index (χ4n) is 3.62. The fraction of sp³-hybridized carbons (Fsp3) is 0.167. The number of nitrogens with one attached hydrogen (secondary N) is 1. The molecule has 2 aromatic carbocycles. The van der Waals surface area contributed by atoms with Crippen molar-refractivity contribution >= 4 is 33.7 Å². The Morgan fingerprint density at radius 2 is 1.87 bits per heavy atom. The van der Waals surface area contributed by atoms with Gasteiger partial charge < -0.3 is 19.7 Å². The summed E-state index contributed by atoms with van der Waals surface area (Å²) in [5, 5.41) is 16.5. The van der Waals surface area contributed by atoms with Gasteiger partial charge in [-0.2, -0.15) is 0 Å². The van der Waals surface area contributed by atoms with Gasteiger partial charge in [0.25, 0.3) is 5.56 Å². The SMILES string of the molecule is COc1ccc(NC(CC(=O)c2c(O)c3ccccc3n(C)c2=O)c2cccs2)cc1. The Balaban J connectivity index is 1.69. The molecule has 0 spiro atoms. The predicted octanol–water partition coefficient (Wildman–Crippen LogP) is 4.74. The van der Waals surface area contributed by atoms with Crippen LogP contribution >= 0.6 is 11.3 Å². The maximum atomic E-state index is 13.2. The Hall–Kier alpha value is -3.58. The summed E-state index contributed by atoms with van der Waals surface area (Å²) in [5.74, 6) is 0.0558. The highest BCUT2D eigenvalue weighted by Gasteiger charge is 2.25. The molecule has 0 saturated heterocycles. The molecule has 158 valence electrons. The Bertz CT molecular complexity index is 1280. The van der Waals surface area contributed by atoms with Crippen LogP contribution in [0.15, 0.2) is 70.8 Å². The third-order valence-corrected chi connectivity index (χ3v) is 6.25. The number of Topliss-reactive ketones (excluding diaryl/α,β-unsaturated/α-hetero) is 1. The first-order valence-electron chi connectivity index (χ1n) is 9.77. The van der Waals surface area contributed by atoms with Gasteiger partial charge >= 0.3 is 0 Å². The number of carbonyl (C=O) groups excluding carboxylic acids is 1.